The molecule has 6 nitrogen and oxygen atoms in total. The van der Waals surface area contributed by atoms with Gasteiger partial charge in [0, 0.05) is 30.1 Å². The van der Waals surface area contributed by atoms with Crippen molar-refractivity contribution in [3.8, 4) is 11.5 Å². The third-order valence-corrected chi connectivity index (χ3v) is 6.48. The molecule has 0 aliphatic rings. The van der Waals surface area contributed by atoms with E-state index in [4.69, 9.17) is 14.5 Å². The van der Waals surface area contributed by atoms with Gasteiger partial charge in [0.15, 0.2) is 16.6 Å². The number of pyridine rings is 1. The van der Waals surface area contributed by atoms with Crippen molar-refractivity contribution in [3.63, 3.8) is 0 Å². The predicted octanol–water partition coefficient (Wildman–Crippen LogP) is 5.71. The van der Waals surface area contributed by atoms with Gasteiger partial charge >= 0.3 is 0 Å². The Hall–Kier alpha value is -3.97. The Morgan fingerprint density at radius 2 is 1.76 bits per heavy atom. The fourth-order valence-corrected chi connectivity index (χ4v) is 4.79. The van der Waals surface area contributed by atoms with Crippen LogP contribution in [0.4, 0.5) is 5.13 Å². The van der Waals surface area contributed by atoms with Crippen molar-refractivity contribution in [2.75, 3.05) is 19.1 Å². The average molecular weight is 456 g/mol. The maximum atomic E-state index is 13.9. The van der Waals surface area contributed by atoms with Gasteiger partial charge in [0.1, 0.15) is 0 Å². The summed E-state index contributed by atoms with van der Waals surface area (Å²) in [7, 11) is 3.19. The Morgan fingerprint density at radius 1 is 0.970 bits per heavy atom. The molecule has 0 aliphatic carbocycles. The molecule has 0 atom stereocenters. The summed E-state index contributed by atoms with van der Waals surface area (Å²) in [5.41, 5.74) is 2.29. The van der Waals surface area contributed by atoms with Crippen LogP contribution < -0.4 is 14.4 Å². The Labute approximate surface area is 195 Å². The molecule has 0 fully saturated rings. The van der Waals surface area contributed by atoms with E-state index >= 15 is 0 Å². The lowest BCUT2D eigenvalue weighted by Gasteiger charge is -2.21. The van der Waals surface area contributed by atoms with Crippen LogP contribution in [0.5, 0.6) is 11.5 Å². The first-order valence-corrected chi connectivity index (χ1v) is 11.2. The van der Waals surface area contributed by atoms with Crippen molar-refractivity contribution in [1.29, 1.82) is 0 Å². The number of carbonyl (C=O) groups excluding carboxylic acids is 1. The van der Waals surface area contributed by atoms with Crippen molar-refractivity contribution in [2.45, 2.75) is 6.54 Å². The summed E-state index contributed by atoms with van der Waals surface area (Å²) < 4.78 is 11.8. The largest absolute Gasteiger partial charge is 0.493 e. The minimum absolute atomic E-state index is 0.117. The molecule has 7 heteroatoms. The van der Waals surface area contributed by atoms with Gasteiger partial charge < -0.3 is 9.47 Å². The van der Waals surface area contributed by atoms with Crippen LogP contribution in [0.25, 0.3) is 21.0 Å². The molecular weight excluding hydrogens is 434 g/mol. The van der Waals surface area contributed by atoms with Gasteiger partial charge in [-0.15, -0.1) is 0 Å². The summed E-state index contributed by atoms with van der Waals surface area (Å²) >= 11 is 1.44. The maximum absolute atomic E-state index is 13.9. The highest BCUT2D eigenvalue weighted by molar-refractivity contribution is 7.22. The van der Waals surface area contributed by atoms with Crippen molar-refractivity contribution < 1.29 is 14.3 Å². The molecule has 5 rings (SSSR count). The number of amides is 1. The molecule has 0 saturated carbocycles. The highest BCUT2D eigenvalue weighted by Crippen LogP contribution is 2.38. The number of thiazole rings is 1. The summed E-state index contributed by atoms with van der Waals surface area (Å²) in [6, 6.07) is 21.2. The standard InChI is InChI=1S/C26H21N3O3S/c1-31-22-13-21-24(14-23(22)32-2)33-26(28-21)29(16-17-7-6-12-27-15-17)25(30)20-11-5-9-18-8-3-4-10-19(18)20/h3-15H,16H2,1-2H3. The van der Waals surface area contributed by atoms with E-state index < -0.39 is 0 Å². The van der Waals surface area contributed by atoms with Gasteiger partial charge in [-0.3, -0.25) is 14.7 Å². The zero-order chi connectivity index (χ0) is 22.8. The second kappa shape index (κ2) is 8.88. The minimum Gasteiger partial charge on any atom is -0.493 e. The first-order valence-electron chi connectivity index (χ1n) is 10.4. The molecular formula is C26H21N3O3S. The maximum Gasteiger partial charge on any atom is 0.261 e. The van der Waals surface area contributed by atoms with Gasteiger partial charge in [-0.1, -0.05) is 53.8 Å². The highest BCUT2D eigenvalue weighted by atomic mass is 32.1. The van der Waals surface area contributed by atoms with Crippen LogP contribution in [0.3, 0.4) is 0 Å². The molecule has 0 aliphatic heterocycles. The van der Waals surface area contributed by atoms with E-state index in [1.165, 1.54) is 11.3 Å². The molecule has 5 aromatic rings. The van der Waals surface area contributed by atoms with Gasteiger partial charge in [-0.25, -0.2) is 4.98 Å². The molecule has 3 aromatic carbocycles. The highest BCUT2D eigenvalue weighted by Gasteiger charge is 2.24. The second-order valence-electron chi connectivity index (χ2n) is 7.45. The SMILES string of the molecule is COc1cc2nc(N(Cc3cccnc3)C(=O)c3cccc4ccccc34)sc2cc1OC. The van der Waals surface area contributed by atoms with Crippen LogP contribution in [-0.4, -0.2) is 30.1 Å². The molecule has 0 unspecified atom stereocenters. The molecule has 164 valence electrons. The Balaban J connectivity index is 1.64. The third kappa shape index (κ3) is 3.99. The normalized spacial score (nSPS) is 11.0. The fourth-order valence-electron chi connectivity index (χ4n) is 3.82. The van der Waals surface area contributed by atoms with Gasteiger partial charge in [0.2, 0.25) is 0 Å². The minimum atomic E-state index is -0.117. The molecule has 0 bridgehead atoms. The van der Waals surface area contributed by atoms with E-state index in [0.29, 0.717) is 28.7 Å². The molecule has 0 radical (unpaired) electrons. The van der Waals surface area contributed by atoms with Crippen LogP contribution in [0, 0.1) is 0 Å². The van der Waals surface area contributed by atoms with Gasteiger partial charge in [-0.2, -0.15) is 0 Å². The zero-order valence-corrected chi connectivity index (χ0v) is 19.0. The third-order valence-electron chi connectivity index (χ3n) is 5.44. The summed E-state index contributed by atoms with van der Waals surface area (Å²) in [5, 5.41) is 2.52. The first kappa shape index (κ1) is 20.9. The van der Waals surface area contributed by atoms with Crippen LogP contribution >= 0.6 is 11.3 Å². The Morgan fingerprint density at radius 3 is 2.55 bits per heavy atom. The summed E-state index contributed by atoms with van der Waals surface area (Å²) in [5.74, 6) is 1.11. The summed E-state index contributed by atoms with van der Waals surface area (Å²) in [6.45, 7) is 0.351. The van der Waals surface area contributed by atoms with E-state index in [1.807, 2.05) is 66.7 Å². The van der Waals surface area contributed by atoms with E-state index in [1.54, 1.807) is 31.5 Å². The summed E-state index contributed by atoms with van der Waals surface area (Å²) in [4.78, 5) is 24.6. The monoisotopic (exact) mass is 455 g/mol. The van der Waals surface area contributed by atoms with Crippen molar-refractivity contribution >= 4 is 43.4 Å². The van der Waals surface area contributed by atoms with E-state index in [9.17, 15) is 4.79 Å². The second-order valence-corrected chi connectivity index (χ2v) is 8.46. The quantitative estimate of drug-likeness (QED) is 0.328. The van der Waals surface area contributed by atoms with E-state index in [2.05, 4.69) is 4.98 Å². The van der Waals surface area contributed by atoms with Crippen molar-refractivity contribution in [3.05, 3.63) is 90.3 Å². The van der Waals surface area contributed by atoms with Crippen LogP contribution in [-0.2, 0) is 6.54 Å². The van der Waals surface area contributed by atoms with Gasteiger partial charge in [-0.05, 0) is 28.5 Å². The molecule has 0 saturated heterocycles. The lowest BCUT2D eigenvalue weighted by atomic mass is 10.0. The van der Waals surface area contributed by atoms with Crippen LogP contribution in [0.15, 0.2) is 79.1 Å². The number of anilines is 1. The lowest BCUT2D eigenvalue weighted by molar-refractivity contribution is 0.0986. The van der Waals surface area contributed by atoms with Gasteiger partial charge in [0.05, 0.1) is 31.0 Å². The van der Waals surface area contributed by atoms with Crippen molar-refractivity contribution in [2.24, 2.45) is 0 Å². The molecule has 2 heterocycles. The zero-order valence-electron chi connectivity index (χ0n) is 18.2. The average Bonchev–Trinajstić information content (AvgIpc) is 3.28. The number of aromatic nitrogens is 2. The van der Waals surface area contributed by atoms with Crippen molar-refractivity contribution in [1.82, 2.24) is 9.97 Å². The number of hydrogen-bond donors (Lipinski definition) is 0. The molecule has 33 heavy (non-hydrogen) atoms. The van der Waals surface area contributed by atoms with Crippen LogP contribution in [0.2, 0.25) is 0 Å². The number of benzene rings is 3. The molecule has 0 N–H and O–H groups in total. The number of ether oxygens (including phenoxy) is 2. The lowest BCUT2D eigenvalue weighted by Crippen LogP contribution is -2.30. The predicted molar refractivity (Wildman–Crippen MR) is 131 cm³/mol. The number of fused-ring (bicyclic) bond motifs is 2. The van der Waals surface area contributed by atoms with Crippen LogP contribution in [0.1, 0.15) is 15.9 Å². The first-order chi connectivity index (χ1) is 16.2. The molecule has 2 aromatic heterocycles. The number of hydrogen-bond acceptors (Lipinski definition) is 6. The van der Waals surface area contributed by atoms with E-state index in [0.717, 1.165) is 26.6 Å². The number of nitrogens with zero attached hydrogens (tertiary/aromatic N) is 3. The molecule has 0 spiro atoms. The number of carbonyl (C=O) groups is 1. The summed E-state index contributed by atoms with van der Waals surface area (Å²) in [6.07, 6.45) is 3.49. The fraction of sp³-hybridized carbons (Fsp3) is 0.115. The molecule has 1 amide bonds. The number of rotatable bonds is 6. The smallest absolute Gasteiger partial charge is 0.261 e. The topological polar surface area (TPSA) is 64.5 Å². The van der Waals surface area contributed by atoms with E-state index in [-0.39, 0.29) is 5.91 Å². The van der Waals surface area contributed by atoms with Gasteiger partial charge in [0.25, 0.3) is 5.91 Å². The Bertz CT molecular complexity index is 1400. The Kier molecular flexibility index (Phi) is 5.62. The number of methoxy groups -OCH3 is 2.